The summed E-state index contributed by atoms with van der Waals surface area (Å²) in [5.41, 5.74) is 0. The van der Waals surface area contributed by atoms with Gasteiger partial charge in [-0.1, -0.05) is 6.08 Å². The largest absolute Gasteiger partial charge is 0.351 e. The highest BCUT2D eigenvalue weighted by molar-refractivity contribution is 5.84. The Morgan fingerprint density at radius 2 is 2.40 bits per heavy atom. The quantitative estimate of drug-likeness (QED) is 0.586. The Labute approximate surface area is 62.0 Å². The van der Waals surface area contributed by atoms with E-state index in [0.29, 0.717) is 6.04 Å². The van der Waals surface area contributed by atoms with Gasteiger partial charge in [0.05, 0.1) is 0 Å². The van der Waals surface area contributed by atoms with Crippen LogP contribution in [0.4, 0.5) is 0 Å². The number of nitrogens with one attached hydrogen (secondary N) is 1. The van der Waals surface area contributed by atoms with Crippen molar-refractivity contribution < 1.29 is 0 Å². The van der Waals surface area contributed by atoms with Gasteiger partial charge >= 0.3 is 0 Å². The van der Waals surface area contributed by atoms with Crippen LogP contribution in [0.15, 0.2) is 17.3 Å². The molecule has 1 aliphatic heterocycles. The van der Waals surface area contributed by atoms with Crippen LogP contribution >= 0.6 is 0 Å². The Kier molecular flexibility index (Phi) is 2.49. The first-order valence-electron chi connectivity index (χ1n) is 3.77. The zero-order valence-electron chi connectivity index (χ0n) is 6.59. The smallest absolute Gasteiger partial charge is 0.101 e. The van der Waals surface area contributed by atoms with Gasteiger partial charge in [-0.15, -0.1) is 0 Å². The van der Waals surface area contributed by atoms with Crippen LogP contribution in [0.3, 0.4) is 0 Å². The predicted octanol–water partition coefficient (Wildman–Crippen LogP) is 1.69. The molecule has 0 bridgehead atoms. The lowest BCUT2D eigenvalue weighted by Crippen LogP contribution is -2.21. The van der Waals surface area contributed by atoms with E-state index < -0.39 is 0 Å². The third kappa shape index (κ3) is 2.21. The molecule has 0 saturated heterocycles. The summed E-state index contributed by atoms with van der Waals surface area (Å²) in [5.74, 6) is 1.12. The molecule has 2 heteroatoms. The number of amidine groups is 1. The highest BCUT2D eigenvalue weighted by Gasteiger charge is 1.99. The molecule has 0 atom stereocenters. The van der Waals surface area contributed by atoms with Crippen LogP contribution in [0.2, 0.25) is 0 Å². The molecule has 0 saturated carbocycles. The van der Waals surface area contributed by atoms with Crippen LogP contribution in [-0.2, 0) is 0 Å². The van der Waals surface area contributed by atoms with Crippen molar-refractivity contribution in [2.45, 2.75) is 32.7 Å². The van der Waals surface area contributed by atoms with Gasteiger partial charge in [-0.3, -0.25) is 4.99 Å². The zero-order valence-corrected chi connectivity index (χ0v) is 6.59. The van der Waals surface area contributed by atoms with Gasteiger partial charge in [0.2, 0.25) is 0 Å². The first-order valence-corrected chi connectivity index (χ1v) is 3.77. The second-order valence-electron chi connectivity index (χ2n) is 2.75. The van der Waals surface area contributed by atoms with E-state index in [4.69, 9.17) is 0 Å². The number of hydrogen-bond acceptors (Lipinski definition) is 1. The third-order valence-corrected chi connectivity index (χ3v) is 1.33. The first-order chi connectivity index (χ1) is 4.79. The molecule has 0 fully saturated rings. The lowest BCUT2D eigenvalue weighted by atomic mass is 10.2. The Morgan fingerprint density at radius 3 is 2.90 bits per heavy atom. The van der Waals surface area contributed by atoms with E-state index >= 15 is 0 Å². The average Bonchev–Trinajstić information content (AvgIpc) is 1.88. The van der Waals surface area contributed by atoms with Gasteiger partial charge in [0.25, 0.3) is 0 Å². The maximum absolute atomic E-state index is 4.39. The first kappa shape index (κ1) is 7.32. The molecule has 1 heterocycles. The highest BCUT2D eigenvalue weighted by atomic mass is 15.0. The van der Waals surface area contributed by atoms with E-state index in [9.17, 15) is 0 Å². The molecule has 0 radical (unpaired) electrons. The molecule has 0 aromatic carbocycles. The predicted molar refractivity (Wildman–Crippen MR) is 44.1 cm³/mol. The van der Waals surface area contributed by atoms with Crippen molar-refractivity contribution in [3.63, 3.8) is 0 Å². The molecular formula is C8H14N2. The van der Waals surface area contributed by atoms with E-state index in [1.165, 1.54) is 0 Å². The Hall–Kier alpha value is -0.790. The van der Waals surface area contributed by atoms with Crippen molar-refractivity contribution in [2.75, 3.05) is 0 Å². The zero-order chi connectivity index (χ0) is 7.40. The Balaban J connectivity index is 2.48. The van der Waals surface area contributed by atoms with Crippen molar-refractivity contribution in [1.82, 2.24) is 5.32 Å². The molecule has 0 aromatic heterocycles. The molecule has 0 unspecified atom stereocenters. The van der Waals surface area contributed by atoms with Crippen LogP contribution in [0.5, 0.6) is 0 Å². The molecule has 0 aromatic rings. The number of nitrogens with zero attached hydrogens (tertiary/aromatic N) is 1. The molecule has 56 valence electrons. The third-order valence-electron chi connectivity index (χ3n) is 1.33. The number of hydrogen-bond donors (Lipinski definition) is 1. The van der Waals surface area contributed by atoms with Gasteiger partial charge in [-0.05, 0) is 26.5 Å². The fraction of sp³-hybridized carbons (Fsp3) is 0.625. The van der Waals surface area contributed by atoms with Crippen molar-refractivity contribution in [3.05, 3.63) is 12.3 Å². The van der Waals surface area contributed by atoms with E-state index in [1.807, 2.05) is 6.20 Å². The summed E-state index contributed by atoms with van der Waals surface area (Å²) in [6.07, 6.45) is 6.28. The lowest BCUT2D eigenvalue weighted by Gasteiger charge is -2.10. The second kappa shape index (κ2) is 3.40. The normalized spacial score (nSPS) is 21.7. The van der Waals surface area contributed by atoms with Crippen molar-refractivity contribution in [2.24, 2.45) is 4.99 Å². The van der Waals surface area contributed by atoms with Gasteiger partial charge in [-0.2, -0.15) is 0 Å². The number of aliphatic imine (C=N–C) groups is 1. The van der Waals surface area contributed by atoms with Gasteiger partial charge in [0.1, 0.15) is 5.84 Å². The minimum atomic E-state index is 0.411. The molecular weight excluding hydrogens is 124 g/mol. The van der Waals surface area contributed by atoms with Gasteiger partial charge in [-0.25, -0.2) is 0 Å². The summed E-state index contributed by atoms with van der Waals surface area (Å²) in [5, 5.41) is 3.12. The average molecular weight is 138 g/mol. The molecule has 0 aliphatic carbocycles. The minimum Gasteiger partial charge on any atom is -0.351 e. The number of rotatable bonds is 1. The minimum absolute atomic E-state index is 0.411. The summed E-state index contributed by atoms with van der Waals surface area (Å²) in [6.45, 7) is 4.18. The molecule has 0 spiro atoms. The van der Waals surface area contributed by atoms with E-state index in [0.717, 1.165) is 18.7 Å². The maximum atomic E-state index is 4.39. The standard InChI is InChI=1S/C8H14N2/c1-7(2)10-8-5-3-4-6-9-8/h4,6-7H,3,5H2,1-2H3,(H,9,10). The molecule has 2 nitrogen and oxygen atoms in total. The van der Waals surface area contributed by atoms with Crippen LogP contribution in [0, 0.1) is 0 Å². The fourth-order valence-electron chi connectivity index (χ4n) is 0.944. The summed E-state index contributed by atoms with van der Waals surface area (Å²) in [7, 11) is 0. The number of allylic oxidation sites excluding steroid dienone is 1. The Bertz CT molecular complexity index is 157. The molecule has 0 amide bonds. The highest BCUT2D eigenvalue weighted by Crippen LogP contribution is 2.00. The topological polar surface area (TPSA) is 24.4 Å². The molecule has 10 heavy (non-hydrogen) atoms. The van der Waals surface area contributed by atoms with Gasteiger partial charge < -0.3 is 5.32 Å². The monoisotopic (exact) mass is 138 g/mol. The van der Waals surface area contributed by atoms with Crippen LogP contribution in [-0.4, -0.2) is 11.9 Å². The second-order valence-corrected chi connectivity index (χ2v) is 2.75. The Morgan fingerprint density at radius 1 is 1.60 bits per heavy atom. The van der Waals surface area contributed by atoms with E-state index in [-0.39, 0.29) is 0 Å². The molecule has 1 N–H and O–H groups in total. The van der Waals surface area contributed by atoms with Crippen molar-refractivity contribution in [3.8, 4) is 0 Å². The maximum Gasteiger partial charge on any atom is 0.101 e. The van der Waals surface area contributed by atoms with Crippen molar-refractivity contribution >= 4 is 5.84 Å². The van der Waals surface area contributed by atoms with Crippen LogP contribution in [0.1, 0.15) is 26.7 Å². The van der Waals surface area contributed by atoms with Gasteiger partial charge in [0, 0.05) is 12.5 Å². The lowest BCUT2D eigenvalue weighted by molar-refractivity contribution is 0.811. The molecule has 1 aliphatic rings. The van der Waals surface area contributed by atoms with E-state index in [2.05, 4.69) is 30.2 Å². The summed E-state index contributed by atoms with van der Waals surface area (Å²) in [4.78, 5) is 4.39. The van der Waals surface area contributed by atoms with Gasteiger partial charge in [0.15, 0.2) is 0 Å². The fourth-order valence-corrected chi connectivity index (χ4v) is 0.944. The van der Waals surface area contributed by atoms with Crippen LogP contribution in [0.25, 0.3) is 0 Å². The summed E-state index contributed by atoms with van der Waals surface area (Å²) in [6, 6.07) is 0.411. The summed E-state index contributed by atoms with van der Waals surface area (Å²) >= 11 is 0. The van der Waals surface area contributed by atoms with E-state index in [1.54, 1.807) is 0 Å². The molecule has 1 rings (SSSR count). The van der Waals surface area contributed by atoms with Crippen LogP contribution < -0.4 is 5.32 Å². The summed E-state index contributed by atoms with van der Waals surface area (Å²) < 4.78 is 0. The van der Waals surface area contributed by atoms with Crippen molar-refractivity contribution in [1.29, 1.82) is 0 Å². The SMILES string of the molecule is CC(C)N=C1CCC=CN1.